The first-order valence-corrected chi connectivity index (χ1v) is 29.3. The van der Waals surface area contributed by atoms with E-state index < -0.39 is 82.3 Å². The fourth-order valence-electron chi connectivity index (χ4n) is 8.03. The van der Waals surface area contributed by atoms with Crippen molar-refractivity contribution in [1.82, 2.24) is 14.9 Å². The minimum Gasteiger partial charge on any atom is -0.478 e. The van der Waals surface area contributed by atoms with Crippen molar-refractivity contribution in [2.75, 3.05) is 44.1 Å². The number of aliphatic imine (C=N–C) groups is 1. The van der Waals surface area contributed by atoms with Crippen LogP contribution in [0.4, 0.5) is 5.69 Å². The molecule has 1 aromatic heterocycles. The number of carboxylic acid groups (broad SMARTS) is 1. The van der Waals surface area contributed by atoms with Crippen LogP contribution < -0.4 is 32.5 Å². The Morgan fingerprint density at radius 1 is 1.05 bits per heavy atom. The van der Waals surface area contributed by atoms with Crippen LogP contribution in [0.25, 0.3) is 0 Å². The number of amides is 1. The molecule has 1 aliphatic carbocycles. The molecule has 3 heterocycles. The van der Waals surface area contributed by atoms with E-state index in [1.165, 1.54) is 27.7 Å². The number of phosphoric acid groups is 3. The third-order valence-electron chi connectivity index (χ3n) is 11.2. The Hall–Kier alpha value is -4.68. The molecule has 0 bridgehead atoms. The molecule has 0 spiro atoms. The van der Waals surface area contributed by atoms with E-state index in [0.29, 0.717) is 30.2 Å². The molecule has 1 saturated heterocycles. The third-order valence-corrected chi connectivity index (χ3v) is 18.0. The number of carbonyl (C=O) groups is 2. The number of nitrogens with one attached hydrogen (secondary N) is 3. The van der Waals surface area contributed by atoms with Crippen LogP contribution >= 0.6 is 45.1 Å². The summed E-state index contributed by atoms with van der Waals surface area (Å²) in [6, 6.07) is 8.70. The van der Waals surface area contributed by atoms with Gasteiger partial charge in [0, 0.05) is 77.8 Å². The lowest BCUT2D eigenvalue weighted by atomic mass is 9.73. The van der Waals surface area contributed by atoms with Gasteiger partial charge < -0.3 is 49.5 Å². The van der Waals surface area contributed by atoms with Gasteiger partial charge in [0.15, 0.2) is 0 Å². The zero-order chi connectivity index (χ0) is 54.3. The van der Waals surface area contributed by atoms with E-state index in [1.807, 2.05) is 59.8 Å². The maximum atomic E-state index is 13.6. The summed E-state index contributed by atoms with van der Waals surface area (Å²) < 4.78 is 64.9. The number of nitrogens with zero attached hydrogens (tertiary/aromatic N) is 2. The van der Waals surface area contributed by atoms with Gasteiger partial charge in [-0.05, 0) is 76.4 Å². The van der Waals surface area contributed by atoms with Crippen molar-refractivity contribution in [3.05, 3.63) is 114 Å². The highest BCUT2D eigenvalue weighted by atomic mass is 33.1. The van der Waals surface area contributed by atoms with Crippen molar-refractivity contribution in [3.63, 3.8) is 0 Å². The first-order chi connectivity index (χ1) is 34.7. The number of aromatic nitrogens is 2. The zero-order valence-electron chi connectivity index (χ0n) is 40.5. The van der Waals surface area contributed by atoms with Crippen LogP contribution in [0.2, 0.25) is 0 Å². The molecule has 0 radical (unpaired) electrons. The molecule has 4 unspecified atom stereocenters. The largest absolute Gasteiger partial charge is 0.490 e. The lowest BCUT2D eigenvalue weighted by Gasteiger charge is -2.37. The average molecular weight is 1130 g/mol. The van der Waals surface area contributed by atoms with Crippen molar-refractivity contribution in [2.45, 2.75) is 77.1 Å². The number of aryl methyl sites for hydroxylation is 1. The summed E-state index contributed by atoms with van der Waals surface area (Å²) in [5.41, 5.74) is 3.19. The van der Waals surface area contributed by atoms with E-state index in [1.54, 1.807) is 12.1 Å². The highest BCUT2D eigenvalue weighted by Crippen LogP contribution is 2.66. The number of nitrogens with two attached hydrogens (primary N) is 1. The maximum Gasteiger partial charge on any atom is 0.490 e. The van der Waals surface area contributed by atoms with Crippen molar-refractivity contribution < 1.29 is 80.2 Å². The monoisotopic (exact) mass is 1130 g/mol. The smallest absolute Gasteiger partial charge is 0.478 e. The van der Waals surface area contributed by atoms with Gasteiger partial charge in [-0.1, -0.05) is 45.6 Å². The summed E-state index contributed by atoms with van der Waals surface area (Å²) in [4.78, 5) is 100. The minimum atomic E-state index is -5.79. The Labute approximate surface area is 431 Å². The van der Waals surface area contributed by atoms with E-state index in [-0.39, 0.29) is 48.1 Å². The van der Waals surface area contributed by atoms with Crippen molar-refractivity contribution in [3.8, 4) is 17.6 Å². The van der Waals surface area contributed by atoms with Gasteiger partial charge in [0.1, 0.15) is 48.1 Å². The van der Waals surface area contributed by atoms with Crippen LogP contribution in [0, 0.1) is 24.7 Å². The van der Waals surface area contributed by atoms with Gasteiger partial charge in [0.05, 0.1) is 17.9 Å². The molecule has 74 heavy (non-hydrogen) atoms. The van der Waals surface area contributed by atoms with Gasteiger partial charge in [-0.15, -0.1) is 0 Å². The molecular weight excluding hydrogens is 1070 g/mol. The highest BCUT2D eigenvalue weighted by molar-refractivity contribution is 8.77. The number of phosphoric ester groups is 1. The second-order valence-corrected chi connectivity index (χ2v) is 24.6. The van der Waals surface area contributed by atoms with E-state index in [9.17, 15) is 47.8 Å². The van der Waals surface area contributed by atoms with Crippen LogP contribution in [0.3, 0.4) is 0 Å². The highest BCUT2D eigenvalue weighted by Gasteiger charge is 2.44. The molecular formula is C44H55N6O19P3S2. The van der Waals surface area contributed by atoms with E-state index in [2.05, 4.69) is 51.7 Å². The van der Waals surface area contributed by atoms with Crippen LogP contribution in [-0.2, 0) is 41.2 Å². The number of carboxylic acids is 1. The number of carbonyl (C=O) groups excluding carboxylic acids is 1. The molecule has 1 amide bonds. The average Bonchev–Trinajstić information content (AvgIpc) is 3.72. The summed E-state index contributed by atoms with van der Waals surface area (Å²) in [5, 5.41) is 16.9. The molecule has 402 valence electrons. The van der Waals surface area contributed by atoms with E-state index >= 15 is 0 Å². The standard InChI is InChI=1S/C44H55N6O19P3S2/c1-7-46-32-17-34-30(14-24(32)3)39(31-15-25(4)33(47-8-2)18-35(31)65-34)28-12-11-26(16-29(28)42(53)54)40(51)48-22-44(5,6)74-73-23-63-13-9-10-27-20-50(43(55)49-41(27)52)38-19-36(67-45)37(66-38)21-64-71(59,60)69-72(61,62)68-70(56,57)58/h11-12,14-18,20,30,36-39,47H,7-8,13,19,21-23,45H2,1-6H3,(H,48,51)(H,53,54)(H,59,60)(H,61,62)(H,49,52,55)(H2,56,57,58)/b46-32-/t30?,36-,37-,38-,39?/m1/s1. The quantitative estimate of drug-likeness (QED) is 0.0155. The van der Waals surface area contributed by atoms with Crippen molar-refractivity contribution in [1.29, 1.82) is 0 Å². The summed E-state index contributed by atoms with van der Waals surface area (Å²) in [6.45, 7) is 12.1. The van der Waals surface area contributed by atoms with E-state index in [0.717, 1.165) is 38.9 Å². The topological polar surface area (TPSA) is 368 Å². The van der Waals surface area contributed by atoms with Crippen LogP contribution in [0.15, 0.2) is 74.6 Å². The fourth-order valence-corrected chi connectivity index (χ4v) is 13.2. The number of rotatable bonds is 22. The van der Waals surface area contributed by atoms with Gasteiger partial charge in [0.25, 0.3) is 11.5 Å². The van der Waals surface area contributed by atoms with E-state index in [4.69, 9.17) is 34.7 Å². The molecule has 10 N–H and O–H groups in total. The Bertz CT molecular complexity index is 3070. The third kappa shape index (κ3) is 15.3. The van der Waals surface area contributed by atoms with Gasteiger partial charge >= 0.3 is 35.1 Å². The molecule has 2 aromatic carbocycles. The fraction of sp³-hybridized carbons (Fsp3) is 0.432. The molecule has 2 aliphatic heterocycles. The van der Waals surface area contributed by atoms with Gasteiger partial charge in [-0.25, -0.2) is 29.2 Å². The molecule has 1 fully saturated rings. The molecule has 7 atom stereocenters. The molecule has 3 aromatic rings. The minimum absolute atomic E-state index is 0.0105. The molecule has 6 rings (SSSR count). The Morgan fingerprint density at radius 3 is 2.47 bits per heavy atom. The molecule has 0 saturated carbocycles. The van der Waals surface area contributed by atoms with Crippen molar-refractivity contribution in [2.24, 2.45) is 16.8 Å². The van der Waals surface area contributed by atoms with Gasteiger partial charge in [-0.2, -0.15) is 8.62 Å². The SMILES string of the molecule is CC/N=C1/C=C2Oc3cc(NCC)c(C)cc3C(c3ccc(C(=O)NCC(C)(C)SSCOCC#Cc4cn([C@H]5C[C@@H](ON)[C@@H](COP(=O)(O)OP(=O)(O)OP(=O)(O)O)O5)c(=O)[nH]c4=O)cc3C(=O)O)C2C=C1C. The predicted octanol–water partition coefficient (Wildman–Crippen LogP) is 5.23. The van der Waals surface area contributed by atoms with Gasteiger partial charge in [-0.3, -0.25) is 33.5 Å². The number of H-pyrrole nitrogens is 1. The lowest BCUT2D eigenvalue weighted by molar-refractivity contribution is -0.0618. The summed E-state index contributed by atoms with van der Waals surface area (Å²) in [7, 11) is -14.2. The lowest BCUT2D eigenvalue weighted by Crippen LogP contribution is -2.36. The first kappa shape index (κ1) is 58.6. The number of ether oxygens (including phenoxy) is 3. The first-order valence-electron chi connectivity index (χ1n) is 22.4. The number of aromatic amines is 1. The van der Waals surface area contributed by atoms with Gasteiger partial charge in [0.2, 0.25) is 0 Å². The second-order valence-electron chi connectivity index (χ2n) is 17.3. The Kier molecular flexibility index (Phi) is 19.4. The normalized spacial score (nSPS) is 21.7. The number of aromatic carboxylic acids is 1. The molecule has 3 aliphatic rings. The molecule has 25 nitrogen and oxygen atoms in total. The number of hydrogen-bond acceptors (Lipinski definition) is 19. The second kappa shape index (κ2) is 24.5. The number of hydrogen-bond donors (Lipinski definition) is 9. The summed E-state index contributed by atoms with van der Waals surface area (Å²) >= 11 is 0. The Morgan fingerprint density at radius 2 is 1.80 bits per heavy atom. The maximum absolute atomic E-state index is 13.6. The summed E-state index contributed by atoms with van der Waals surface area (Å²) in [6.07, 6.45) is 1.21. The number of benzene rings is 2. The van der Waals surface area contributed by atoms with Crippen LogP contribution in [-0.4, -0.2) is 108 Å². The predicted molar refractivity (Wildman–Crippen MR) is 273 cm³/mol. The Balaban J connectivity index is 1.03. The molecule has 30 heteroatoms. The summed E-state index contributed by atoms with van der Waals surface area (Å²) in [5.74, 6) is 9.58. The number of allylic oxidation sites excluding steroid dienone is 3. The van der Waals surface area contributed by atoms with Crippen LogP contribution in [0.1, 0.15) is 96.2 Å². The van der Waals surface area contributed by atoms with Crippen molar-refractivity contribution >= 4 is 68.3 Å². The van der Waals surface area contributed by atoms with Crippen LogP contribution in [0.5, 0.6) is 5.75 Å². The zero-order valence-corrected chi connectivity index (χ0v) is 44.9. The number of anilines is 1. The number of fused-ring (bicyclic) bond motifs is 2.